The van der Waals surface area contributed by atoms with E-state index in [-0.39, 0.29) is 10.7 Å². The highest BCUT2D eigenvalue weighted by atomic mass is 35.5. The van der Waals surface area contributed by atoms with E-state index in [0.717, 1.165) is 10.6 Å². The molecule has 148 valence electrons. The number of hydrogen-bond donors (Lipinski definition) is 2. The molecule has 3 rings (SSSR count). The molecule has 0 amide bonds. The molecule has 0 saturated carbocycles. The maximum absolute atomic E-state index is 12.4. The molecule has 2 heterocycles. The monoisotopic (exact) mass is 464 g/mol. The molecular weight excluding hydrogens is 453 g/mol. The summed E-state index contributed by atoms with van der Waals surface area (Å²) in [6.07, 6.45) is 3.56. The Morgan fingerprint density at radius 3 is 2.71 bits per heavy atom. The van der Waals surface area contributed by atoms with Crippen LogP contribution in [-0.4, -0.2) is 26.3 Å². The molecule has 0 aliphatic rings. The lowest BCUT2D eigenvalue weighted by Gasteiger charge is -2.13. The van der Waals surface area contributed by atoms with Crippen molar-refractivity contribution in [2.24, 2.45) is 0 Å². The first kappa shape index (κ1) is 21.1. The van der Waals surface area contributed by atoms with Crippen LogP contribution >= 0.6 is 34.9 Å². The van der Waals surface area contributed by atoms with Crippen LogP contribution in [0.2, 0.25) is 5.02 Å². The number of nitrogens with one attached hydrogen (secondary N) is 2. The molecule has 0 aliphatic heterocycles. The Morgan fingerprint density at radius 1 is 1.25 bits per heavy atom. The summed E-state index contributed by atoms with van der Waals surface area (Å²) in [6.45, 7) is 0. The van der Waals surface area contributed by atoms with Crippen molar-refractivity contribution >= 4 is 57.8 Å². The fourth-order valence-electron chi connectivity index (χ4n) is 2.21. The van der Waals surface area contributed by atoms with Crippen LogP contribution in [0.15, 0.2) is 41.9 Å². The lowest BCUT2D eigenvalue weighted by Crippen LogP contribution is -2.29. The van der Waals surface area contributed by atoms with Gasteiger partial charge in [-0.15, -0.1) is 24.5 Å². The Kier molecular flexibility index (Phi) is 6.61. The van der Waals surface area contributed by atoms with Crippen LogP contribution in [0, 0.1) is 0 Å². The second-order valence-corrected chi connectivity index (χ2v) is 8.37. The number of halogens is 4. The van der Waals surface area contributed by atoms with Crippen LogP contribution in [0.5, 0.6) is 0 Å². The third kappa shape index (κ3) is 5.03. The fraction of sp³-hybridized carbons (Fsp3) is 0.125. The van der Waals surface area contributed by atoms with E-state index in [4.69, 9.17) is 11.6 Å². The van der Waals surface area contributed by atoms with E-state index >= 15 is 0 Å². The summed E-state index contributed by atoms with van der Waals surface area (Å²) < 4.78 is 53.3. The van der Waals surface area contributed by atoms with Crippen LogP contribution in [0.4, 0.5) is 24.7 Å². The smallest absolute Gasteiger partial charge is 0.586 e. The minimum Gasteiger partial charge on any atom is -0.586 e. The van der Waals surface area contributed by atoms with Gasteiger partial charge in [0.15, 0.2) is 11.4 Å². The van der Waals surface area contributed by atoms with Crippen molar-refractivity contribution in [3.05, 3.63) is 46.9 Å². The maximum atomic E-state index is 12.4. The van der Waals surface area contributed by atoms with E-state index in [9.17, 15) is 17.7 Å². The highest BCUT2D eigenvalue weighted by Crippen LogP contribution is 2.35. The van der Waals surface area contributed by atoms with Crippen molar-refractivity contribution < 1.29 is 17.7 Å². The molecule has 1 aromatic carbocycles. The topological polar surface area (TPSA) is 72.9 Å². The largest absolute Gasteiger partial charge is 0.598 e. The summed E-state index contributed by atoms with van der Waals surface area (Å²) in [7, 11) is 0. The lowest BCUT2D eigenvalue weighted by atomic mass is 10.1. The number of thiazole rings is 1. The van der Waals surface area contributed by atoms with Gasteiger partial charge >= 0.3 is 5.51 Å². The van der Waals surface area contributed by atoms with E-state index in [1.807, 2.05) is 23.1 Å². The lowest BCUT2D eigenvalue weighted by molar-refractivity contribution is -0.0428. The number of pyridine rings is 1. The summed E-state index contributed by atoms with van der Waals surface area (Å²) in [5, 5.41) is 2.75. The van der Waals surface area contributed by atoms with Gasteiger partial charge in [-0.3, -0.25) is 0 Å². The number of rotatable bonds is 6. The molecule has 28 heavy (non-hydrogen) atoms. The Bertz CT molecular complexity index is 970. The Labute approximate surface area is 175 Å². The number of anilines is 2. The quantitative estimate of drug-likeness (QED) is 0.354. The van der Waals surface area contributed by atoms with Gasteiger partial charge in [-0.25, -0.2) is 14.7 Å². The van der Waals surface area contributed by atoms with Gasteiger partial charge in [0.1, 0.15) is 10.8 Å². The molecule has 0 saturated heterocycles. The van der Waals surface area contributed by atoms with Gasteiger partial charge < -0.3 is 9.27 Å². The van der Waals surface area contributed by atoms with Crippen molar-refractivity contribution in [3.8, 4) is 21.8 Å². The normalized spacial score (nSPS) is 12.6. The molecule has 0 aliphatic carbocycles. The summed E-state index contributed by atoms with van der Waals surface area (Å²) in [6, 6.07) is 7.88. The molecule has 2 aromatic heterocycles. The molecule has 1 unspecified atom stereocenters. The zero-order valence-electron chi connectivity index (χ0n) is 14.1. The fourth-order valence-corrected chi connectivity index (χ4v) is 4.08. The predicted octanol–water partition coefficient (Wildman–Crippen LogP) is 5.81. The van der Waals surface area contributed by atoms with Gasteiger partial charge in [-0.1, -0.05) is 23.5 Å². The van der Waals surface area contributed by atoms with Gasteiger partial charge in [-0.05, 0) is 30.3 Å². The molecule has 12 heteroatoms. The zero-order chi connectivity index (χ0) is 20.3. The Morgan fingerprint density at radius 2 is 2.04 bits per heavy atom. The van der Waals surface area contributed by atoms with E-state index < -0.39 is 16.9 Å². The second kappa shape index (κ2) is 8.78. The predicted molar refractivity (Wildman–Crippen MR) is 111 cm³/mol. The first-order valence-electron chi connectivity index (χ1n) is 7.54. The first-order chi connectivity index (χ1) is 13.3. The van der Waals surface area contributed by atoms with Crippen LogP contribution in [0.25, 0.3) is 21.8 Å². The third-order valence-corrected chi connectivity index (χ3v) is 5.84. The number of aromatic nitrogens is 2. The van der Waals surface area contributed by atoms with E-state index in [1.54, 1.807) is 11.6 Å². The second-order valence-electron chi connectivity index (χ2n) is 5.28. The minimum atomic E-state index is -4.86. The molecule has 1 atom stereocenters. The Balaban J connectivity index is 1.82. The molecule has 3 aromatic rings. The van der Waals surface area contributed by atoms with Gasteiger partial charge in [-0.2, -0.15) is 0 Å². The van der Waals surface area contributed by atoms with Crippen LogP contribution in [0.1, 0.15) is 0 Å². The number of alkyl halides is 3. The maximum Gasteiger partial charge on any atom is 0.598 e. The molecule has 0 bridgehead atoms. The summed E-state index contributed by atoms with van der Waals surface area (Å²) in [4.78, 5) is 8.75. The van der Waals surface area contributed by atoms with Crippen molar-refractivity contribution in [2.75, 3.05) is 15.7 Å². The van der Waals surface area contributed by atoms with Gasteiger partial charge in [0.05, 0.1) is 16.4 Å². The van der Waals surface area contributed by atoms with Crippen molar-refractivity contribution in [3.63, 3.8) is 0 Å². The van der Waals surface area contributed by atoms with E-state index in [2.05, 4.69) is 14.7 Å². The third-order valence-electron chi connectivity index (χ3n) is 3.38. The number of hydrogen-bond acceptors (Lipinski definition) is 7. The van der Waals surface area contributed by atoms with Crippen molar-refractivity contribution in [2.45, 2.75) is 5.51 Å². The van der Waals surface area contributed by atoms with Crippen molar-refractivity contribution in [1.82, 2.24) is 9.97 Å². The van der Waals surface area contributed by atoms with Crippen LogP contribution in [-0.2, 0) is 11.4 Å². The highest BCUT2D eigenvalue weighted by Gasteiger charge is 2.46. The van der Waals surface area contributed by atoms with Gasteiger partial charge in [0.25, 0.3) is 0 Å². The van der Waals surface area contributed by atoms with E-state index in [0.29, 0.717) is 17.1 Å². The number of benzene rings is 1. The molecule has 0 fully saturated rings. The van der Waals surface area contributed by atoms with Crippen LogP contribution in [0.3, 0.4) is 0 Å². The molecular formula is C16H12ClF3N4OS3. The standard InChI is InChI=1S/C16H12ClF3N4OS3/c1-26-23-14-6-9(4-5-21-14)15-22-13(8-27-15)11-3-2-10(7-12(11)17)24-28(25)16(18,19)20/h2-8,24H,1H3,(H,21,23). The van der Waals surface area contributed by atoms with Crippen molar-refractivity contribution in [1.29, 1.82) is 0 Å². The molecule has 5 nitrogen and oxygen atoms in total. The molecule has 0 spiro atoms. The molecule has 2 N–H and O–H groups in total. The average molecular weight is 465 g/mol. The SMILES string of the molecule is CSNc1cc(-c2nc(-c3ccc(N[S+]([O-])C(F)(F)F)cc3Cl)cs2)ccn1. The zero-order valence-corrected chi connectivity index (χ0v) is 17.3. The van der Waals surface area contributed by atoms with Gasteiger partial charge in [0, 0.05) is 29.0 Å². The van der Waals surface area contributed by atoms with Gasteiger partial charge in [0.2, 0.25) is 0 Å². The average Bonchev–Trinajstić information content (AvgIpc) is 3.11. The minimum absolute atomic E-state index is 0.00165. The summed E-state index contributed by atoms with van der Waals surface area (Å²) in [5.41, 5.74) is -2.84. The summed E-state index contributed by atoms with van der Waals surface area (Å²) >= 11 is 5.83. The number of nitrogens with zero attached hydrogens (tertiary/aromatic N) is 2. The highest BCUT2D eigenvalue weighted by molar-refractivity contribution is 7.99. The summed E-state index contributed by atoms with van der Waals surface area (Å²) in [5.74, 6) is 0.702. The first-order valence-corrected chi connectivity index (χ1v) is 11.2. The van der Waals surface area contributed by atoms with E-state index in [1.165, 1.54) is 41.5 Å². The van der Waals surface area contributed by atoms with Crippen LogP contribution < -0.4 is 9.44 Å². The molecule has 0 radical (unpaired) electrons. The Hall–Kier alpha value is -1.66.